The summed E-state index contributed by atoms with van der Waals surface area (Å²) in [7, 11) is 0. The Balaban J connectivity index is 1.64. The van der Waals surface area contributed by atoms with E-state index < -0.39 is 0 Å². The van der Waals surface area contributed by atoms with Gasteiger partial charge in [-0.2, -0.15) is 0 Å². The highest BCUT2D eigenvalue weighted by Crippen LogP contribution is 2.18. The van der Waals surface area contributed by atoms with Crippen LogP contribution in [-0.2, 0) is 11.3 Å². The zero-order valence-corrected chi connectivity index (χ0v) is 12.5. The van der Waals surface area contributed by atoms with Crippen molar-refractivity contribution in [3.8, 4) is 0 Å². The molecule has 0 spiro atoms. The van der Waals surface area contributed by atoms with Crippen LogP contribution >= 0.6 is 22.9 Å². The molecule has 0 amide bonds. The Morgan fingerprint density at radius 3 is 2.84 bits per heavy atom. The molecular weight excluding hydrogens is 278 g/mol. The second kappa shape index (κ2) is 7.65. The van der Waals surface area contributed by atoms with E-state index in [9.17, 15) is 0 Å². The molecule has 0 aliphatic rings. The number of rotatable bonds is 7. The molecule has 2 rings (SSSR count). The Labute approximate surface area is 123 Å². The molecule has 2 aromatic rings. The summed E-state index contributed by atoms with van der Waals surface area (Å²) in [6, 6.07) is 12.4. The quantitative estimate of drug-likeness (QED) is 0.770. The molecule has 0 bridgehead atoms. The van der Waals surface area contributed by atoms with Crippen LogP contribution in [-0.4, -0.2) is 13.2 Å². The zero-order chi connectivity index (χ0) is 13.5. The van der Waals surface area contributed by atoms with Gasteiger partial charge in [-0.1, -0.05) is 35.9 Å². The van der Waals surface area contributed by atoms with E-state index in [1.807, 2.05) is 24.3 Å². The van der Waals surface area contributed by atoms with Crippen LogP contribution in [0, 0.1) is 0 Å². The third-order valence-corrected chi connectivity index (χ3v) is 4.31. The van der Waals surface area contributed by atoms with Gasteiger partial charge in [-0.05, 0) is 30.0 Å². The molecular formula is C15H18ClNOS. The first-order valence-electron chi connectivity index (χ1n) is 6.35. The summed E-state index contributed by atoms with van der Waals surface area (Å²) in [5, 5.41) is 6.30. The van der Waals surface area contributed by atoms with Gasteiger partial charge in [-0.3, -0.25) is 0 Å². The van der Waals surface area contributed by atoms with Crippen LogP contribution in [0.4, 0.5) is 0 Å². The summed E-state index contributed by atoms with van der Waals surface area (Å²) < 4.78 is 5.62. The van der Waals surface area contributed by atoms with E-state index >= 15 is 0 Å². The van der Waals surface area contributed by atoms with Gasteiger partial charge >= 0.3 is 0 Å². The summed E-state index contributed by atoms with van der Waals surface area (Å²) in [6.07, 6.45) is 0. The molecule has 0 saturated carbocycles. The first kappa shape index (κ1) is 14.5. The minimum atomic E-state index is 0.379. The van der Waals surface area contributed by atoms with E-state index in [4.69, 9.17) is 16.3 Å². The average molecular weight is 296 g/mol. The molecule has 19 heavy (non-hydrogen) atoms. The Bertz CT molecular complexity index is 487. The van der Waals surface area contributed by atoms with E-state index in [-0.39, 0.29) is 0 Å². The van der Waals surface area contributed by atoms with Crippen molar-refractivity contribution >= 4 is 22.9 Å². The van der Waals surface area contributed by atoms with Crippen molar-refractivity contribution < 1.29 is 4.74 Å². The largest absolute Gasteiger partial charge is 0.375 e. The lowest BCUT2D eigenvalue weighted by Crippen LogP contribution is -2.22. The van der Waals surface area contributed by atoms with Crippen LogP contribution in [0.2, 0.25) is 5.02 Å². The maximum atomic E-state index is 6.06. The molecule has 0 radical (unpaired) electrons. The monoisotopic (exact) mass is 295 g/mol. The van der Waals surface area contributed by atoms with E-state index in [1.54, 1.807) is 11.3 Å². The van der Waals surface area contributed by atoms with Crippen molar-refractivity contribution in [2.75, 3.05) is 13.2 Å². The zero-order valence-electron chi connectivity index (χ0n) is 10.9. The van der Waals surface area contributed by atoms with Crippen LogP contribution < -0.4 is 5.32 Å². The maximum absolute atomic E-state index is 6.06. The summed E-state index contributed by atoms with van der Waals surface area (Å²) in [6.45, 7) is 4.25. The minimum Gasteiger partial charge on any atom is -0.375 e. The first-order chi connectivity index (χ1) is 9.27. The first-order valence-corrected chi connectivity index (χ1v) is 7.61. The molecule has 0 fully saturated rings. The highest BCUT2D eigenvalue weighted by Gasteiger charge is 2.04. The number of thiophene rings is 1. The second-order valence-electron chi connectivity index (χ2n) is 4.34. The van der Waals surface area contributed by atoms with Gasteiger partial charge < -0.3 is 10.1 Å². The molecule has 0 saturated heterocycles. The van der Waals surface area contributed by atoms with Gasteiger partial charge in [-0.15, -0.1) is 11.3 Å². The Hall–Kier alpha value is -0.870. The highest BCUT2D eigenvalue weighted by molar-refractivity contribution is 7.10. The van der Waals surface area contributed by atoms with E-state index in [1.165, 1.54) is 4.88 Å². The van der Waals surface area contributed by atoms with Crippen molar-refractivity contribution in [2.24, 2.45) is 0 Å². The van der Waals surface area contributed by atoms with Gasteiger partial charge in [0, 0.05) is 22.5 Å². The molecule has 1 aromatic carbocycles. The fourth-order valence-electron chi connectivity index (χ4n) is 1.78. The van der Waals surface area contributed by atoms with Gasteiger partial charge in [0.2, 0.25) is 0 Å². The lowest BCUT2D eigenvalue weighted by molar-refractivity contribution is 0.121. The molecule has 1 unspecified atom stereocenters. The predicted octanol–water partition coefficient (Wildman–Crippen LogP) is 4.27. The summed E-state index contributed by atoms with van der Waals surface area (Å²) in [5.74, 6) is 0. The Morgan fingerprint density at radius 1 is 1.26 bits per heavy atom. The number of benzene rings is 1. The van der Waals surface area contributed by atoms with Crippen molar-refractivity contribution in [1.29, 1.82) is 0 Å². The summed E-state index contributed by atoms with van der Waals surface area (Å²) in [5.41, 5.74) is 1.04. The van der Waals surface area contributed by atoms with Gasteiger partial charge in [0.1, 0.15) is 0 Å². The summed E-state index contributed by atoms with van der Waals surface area (Å²) in [4.78, 5) is 1.35. The van der Waals surface area contributed by atoms with Crippen LogP contribution in [0.15, 0.2) is 41.8 Å². The standard InChI is InChI=1S/C15H18ClNOS/c1-12(15-7-4-10-19-15)17-8-9-18-11-13-5-2-3-6-14(13)16/h2-7,10,12,17H,8-9,11H2,1H3. The smallest absolute Gasteiger partial charge is 0.0731 e. The van der Waals surface area contributed by atoms with E-state index in [2.05, 4.69) is 29.8 Å². The SMILES string of the molecule is CC(NCCOCc1ccccc1Cl)c1cccs1. The van der Waals surface area contributed by atoms with Crippen LogP contribution in [0.3, 0.4) is 0 Å². The number of halogens is 1. The molecule has 1 heterocycles. The van der Waals surface area contributed by atoms with E-state index in [0.29, 0.717) is 19.3 Å². The molecule has 1 N–H and O–H groups in total. The highest BCUT2D eigenvalue weighted by atomic mass is 35.5. The van der Waals surface area contributed by atoms with Crippen molar-refractivity contribution in [1.82, 2.24) is 5.32 Å². The predicted molar refractivity (Wildman–Crippen MR) is 81.8 cm³/mol. The molecule has 102 valence electrons. The maximum Gasteiger partial charge on any atom is 0.0731 e. The second-order valence-corrected chi connectivity index (χ2v) is 5.72. The van der Waals surface area contributed by atoms with Crippen molar-refractivity contribution in [2.45, 2.75) is 19.6 Å². The lowest BCUT2D eigenvalue weighted by atomic mass is 10.2. The fraction of sp³-hybridized carbons (Fsp3) is 0.333. The number of nitrogens with one attached hydrogen (secondary N) is 1. The number of hydrogen-bond donors (Lipinski definition) is 1. The van der Waals surface area contributed by atoms with Crippen LogP contribution in [0.1, 0.15) is 23.4 Å². The topological polar surface area (TPSA) is 21.3 Å². The Morgan fingerprint density at radius 2 is 2.11 bits per heavy atom. The van der Waals surface area contributed by atoms with Crippen molar-refractivity contribution in [3.05, 3.63) is 57.2 Å². The third kappa shape index (κ3) is 4.62. The number of hydrogen-bond acceptors (Lipinski definition) is 3. The third-order valence-electron chi connectivity index (χ3n) is 2.88. The fourth-order valence-corrected chi connectivity index (χ4v) is 2.73. The average Bonchev–Trinajstić information content (AvgIpc) is 2.94. The molecule has 0 aliphatic heterocycles. The molecule has 1 atom stereocenters. The van der Waals surface area contributed by atoms with Crippen molar-refractivity contribution in [3.63, 3.8) is 0 Å². The lowest BCUT2D eigenvalue weighted by Gasteiger charge is -2.12. The van der Waals surface area contributed by atoms with Gasteiger partial charge in [-0.25, -0.2) is 0 Å². The molecule has 2 nitrogen and oxygen atoms in total. The van der Waals surface area contributed by atoms with E-state index in [0.717, 1.165) is 17.1 Å². The minimum absolute atomic E-state index is 0.379. The van der Waals surface area contributed by atoms with Gasteiger partial charge in [0.05, 0.1) is 13.2 Å². The normalized spacial score (nSPS) is 12.5. The molecule has 4 heteroatoms. The summed E-state index contributed by atoms with van der Waals surface area (Å²) >= 11 is 7.83. The molecule has 1 aromatic heterocycles. The Kier molecular flexibility index (Phi) is 5.86. The van der Waals surface area contributed by atoms with Crippen LogP contribution in [0.25, 0.3) is 0 Å². The van der Waals surface area contributed by atoms with Gasteiger partial charge in [0.25, 0.3) is 0 Å². The molecule has 0 aliphatic carbocycles. The number of ether oxygens (including phenoxy) is 1. The van der Waals surface area contributed by atoms with Gasteiger partial charge in [0.15, 0.2) is 0 Å². The van der Waals surface area contributed by atoms with Crippen LogP contribution in [0.5, 0.6) is 0 Å².